The minimum absolute atomic E-state index is 0.00430. The zero-order chi connectivity index (χ0) is 17.3. The Morgan fingerprint density at radius 2 is 1.62 bits per heavy atom. The monoisotopic (exact) mass is 344 g/mol. The second kappa shape index (κ2) is 6.40. The van der Waals surface area contributed by atoms with Gasteiger partial charge in [0.15, 0.2) is 9.84 Å². The van der Waals surface area contributed by atoms with Gasteiger partial charge < -0.3 is 5.11 Å². The molecular weight excluding hydrogens is 324 g/mol. The van der Waals surface area contributed by atoms with Gasteiger partial charge in [0.1, 0.15) is 0 Å². The number of carboxylic acids is 1. The SMILES string of the molecule is Cc1ccc(-c2cc(C(=O)O)cc(S(=O)(=O)C3CCCC3)c2)cc1. The summed E-state index contributed by atoms with van der Waals surface area (Å²) in [6, 6.07) is 12.0. The van der Waals surface area contributed by atoms with Gasteiger partial charge in [0.05, 0.1) is 15.7 Å². The Bertz CT molecular complexity index is 861. The van der Waals surface area contributed by atoms with Crippen LogP contribution in [0.25, 0.3) is 11.1 Å². The highest BCUT2D eigenvalue weighted by atomic mass is 32.2. The van der Waals surface area contributed by atoms with Crippen molar-refractivity contribution in [2.45, 2.75) is 42.8 Å². The molecular formula is C19H20O4S. The Kier molecular flexibility index (Phi) is 4.45. The summed E-state index contributed by atoms with van der Waals surface area (Å²) >= 11 is 0. The molecule has 0 bridgehead atoms. The normalized spacial score (nSPS) is 15.5. The predicted molar refractivity (Wildman–Crippen MR) is 93.0 cm³/mol. The third-order valence-electron chi connectivity index (χ3n) is 4.61. The van der Waals surface area contributed by atoms with E-state index in [4.69, 9.17) is 0 Å². The van der Waals surface area contributed by atoms with Crippen LogP contribution in [0.2, 0.25) is 0 Å². The van der Waals surface area contributed by atoms with Crippen molar-refractivity contribution >= 4 is 15.8 Å². The molecule has 2 aromatic carbocycles. The average molecular weight is 344 g/mol. The molecule has 2 aromatic rings. The van der Waals surface area contributed by atoms with Gasteiger partial charge in [-0.2, -0.15) is 0 Å². The van der Waals surface area contributed by atoms with Gasteiger partial charge in [0.2, 0.25) is 0 Å². The summed E-state index contributed by atoms with van der Waals surface area (Å²) in [5.41, 5.74) is 2.52. The Hall–Kier alpha value is -2.14. The van der Waals surface area contributed by atoms with Crippen molar-refractivity contribution < 1.29 is 18.3 Å². The first kappa shape index (κ1) is 16.7. The lowest BCUT2D eigenvalue weighted by Gasteiger charge is -2.14. The number of benzene rings is 2. The van der Waals surface area contributed by atoms with E-state index in [9.17, 15) is 18.3 Å². The molecule has 1 fully saturated rings. The first-order valence-electron chi connectivity index (χ1n) is 8.07. The number of carbonyl (C=O) groups is 1. The smallest absolute Gasteiger partial charge is 0.335 e. The summed E-state index contributed by atoms with van der Waals surface area (Å²) in [4.78, 5) is 11.6. The summed E-state index contributed by atoms with van der Waals surface area (Å²) in [7, 11) is -3.50. The van der Waals surface area contributed by atoms with Crippen LogP contribution in [-0.4, -0.2) is 24.7 Å². The molecule has 1 saturated carbocycles. The quantitative estimate of drug-likeness (QED) is 0.907. The Balaban J connectivity index is 2.12. The minimum atomic E-state index is -3.50. The van der Waals surface area contributed by atoms with Crippen LogP contribution in [0, 0.1) is 6.92 Å². The molecule has 3 rings (SSSR count). The summed E-state index contributed by atoms with van der Waals surface area (Å²) in [5, 5.41) is 8.97. The van der Waals surface area contributed by atoms with Crippen LogP contribution in [0.5, 0.6) is 0 Å². The van der Waals surface area contributed by atoms with E-state index in [2.05, 4.69) is 0 Å². The van der Waals surface area contributed by atoms with Crippen molar-refractivity contribution in [3.8, 4) is 11.1 Å². The van der Waals surface area contributed by atoms with Gasteiger partial charge >= 0.3 is 5.97 Å². The maximum atomic E-state index is 12.9. The first-order valence-corrected chi connectivity index (χ1v) is 9.62. The van der Waals surface area contributed by atoms with Gasteiger partial charge in [-0.15, -0.1) is 0 Å². The van der Waals surface area contributed by atoms with Crippen molar-refractivity contribution in [3.63, 3.8) is 0 Å². The molecule has 24 heavy (non-hydrogen) atoms. The van der Waals surface area contributed by atoms with E-state index in [1.807, 2.05) is 31.2 Å². The highest BCUT2D eigenvalue weighted by Crippen LogP contribution is 2.32. The van der Waals surface area contributed by atoms with Crippen molar-refractivity contribution in [2.75, 3.05) is 0 Å². The number of carboxylic acid groups (broad SMARTS) is 1. The largest absolute Gasteiger partial charge is 0.478 e. The number of sulfone groups is 1. The van der Waals surface area contributed by atoms with Crippen LogP contribution in [-0.2, 0) is 9.84 Å². The molecule has 126 valence electrons. The summed E-state index contributed by atoms with van der Waals surface area (Å²) in [6.45, 7) is 1.97. The molecule has 4 nitrogen and oxygen atoms in total. The number of aromatic carboxylic acids is 1. The summed E-state index contributed by atoms with van der Waals surface area (Å²) < 4.78 is 25.7. The van der Waals surface area contributed by atoms with Gasteiger partial charge in [0.25, 0.3) is 0 Å². The van der Waals surface area contributed by atoms with Crippen LogP contribution < -0.4 is 0 Å². The van der Waals surface area contributed by atoms with E-state index >= 15 is 0 Å². The summed E-state index contributed by atoms with van der Waals surface area (Å²) in [6.07, 6.45) is 3.12. The van der Waals surface area contributed by atoms with Gasteiger partial charge in [0, 0.05) is 0 Å². The second-order valence-corrected chi connectivity index (χ2v) is 8.60. The first-order chi connectivity index (χ1) is 11.4. The van der Waals surface area contributed by atoms with Gasteiger partial charge in [-0.3, -0.25) is 0 Å². The minimum Gasteiger partial charge on any atom is -0.478 e. The van der Waals surface area contributed by atoms with Crippen molar-refractivity contribution in [1.82, 2.24) is 0 Å². The van der Waals surface area contributed by atoms with Crippen molar-refractivity contribution in [1.29, 1.82) is 0 Å². The second-order valence-electron chi connectivity index (χ2n) is 6.37. The number of hydrogen-bond donors (Lipinski definition) is 1. The predicted octanol–water partition coefficient (Wildman–Crippen LogP) is 4.08. The molecule has 5 heteroatoms. The topological polar surface area (TPSA) is 71.4 Å². The third-order valence-corrected chi connectivity index (χ3v) is 6.85. The van der Waals surface area contributed by atoms with Crippen LogP contribution in [0.3, 0.4) is 0 Å². The molecule has 0 aliphatic heterocycles. The molecule has 0 radical (unpaired) electrons. The molecule has 0 heterocycles. The molecule has 0 atom stereocenters. The highest BCUT2D eigenvalue weighted by Gasteiger charge is 2.31. The highest BCUT2D eigenvalue weighted by molar-refractivity contribution is 7.92. The molecule has 1 aliphatic rings. The Labute approximate surface area is 142 Å². The lowest BCUT2D eigenvalue weighted by molar-refractivity contribution is 0.0696. The lowest BCUT2D eigenvalue weighted by atomic mass is 10.0. The van der Waals surface area contributed by atoms with Crippen LogP contribution in [0.15, 0.2) is 47.4 Å². The van der Waals surface area contributed by atoms with Crippen molar-refractivity contribution in [3.05, 3.63) is 53.6 Å². The molecule has 1 aliphatic carbocycles. The van der Waals surface area contributed by atoms with Crippen molar-refractivity contribution in [2.24, 2.45) is 0 Å². The van der Waals surface area contributed by atoms with Crippen LogP contribution in [0.4, 0.5) is 0 Å². The van der Waals surface area contributed by atoms with Crippen LogP contribution in [0.1, 0.15) is 41.6 Å². The van der Waals surface area contributed by atoms with Gasteiger partial charge in [-0.05, 0) is 49.1 Å². The van der Waals surface area contributed by atoms with E-state index in [1.54, 1.807) is 6.07 Å². The molecule has 0 amide bonds. The number of rotatable bonds is 4. The fraction of sp³-hybridized carbons (Fsp3) is 0.316. The van der Waals surface area contributed by atoms with E-state index in [0.29, 0.717) is 18.4 Å². The van der Waals surface area contributed by atoms with Gasteiger partial charge in [-0.25, -0.2) is 13.2 Å². The third kappa shape index (κ3) is 3.22. The van der Waals surface area contributed by atoms with E-state index < -0.39 is 21.1 Å². The van der Waals surface area contributed by atoms with Gasteiger partial charge in [-0.1, -0.05) is 42.7 Å². The maximum absolute atomic E-state index is 12.9. The molecule has 0 unspecified atom stereocenters. The lowest BCUT2D eigenvalue weighted by Crippen LogP contribution is -2.18. The Morgan fingerprint density at radius 3 is 2.21 bits per heavy atom. The molecule has 0 saturated heterocycles. The Morgan fingerprint density at radius 1 is 1.00 bits per heavy atom. The zero-order valence-electron chi connectivity index (χ0n) is 13.5. The van der Waals surface area contributed by atoms with E-state index in [0.717, 1.165) is 24.0 Å². The number of aryl methyl sites for hydroxylation is 1. The van der Waals surface area contributed by atoms with Crippen LogP contribution >= 0.6 is 0 Å². The fourth-order valence-electron chi connectivity index (χ4n) is 3.19. The fourth-order valence-corrected chi connectivity index (χ4v) is 5.11. The molecule has 1 N–H and O–H groups in total. The molecule has 0 aromatic heterocycles. The zero-order valence-corrected chi connectivity index (χ0v) is 14.3. The van der Waals surface area contributed by atoms with E-state index in [-0.39, 0.29) is 10.5 Å². The van der Waals surface area contributed by atoms with E-state index in [1.165, 1.54) is 12.1 Å². The maximum Gasteiger partial charge on any atom is 0.335 e. The molecule has 0 spiro atoms. The average Bonchev–Trinajstić information content (AvgIpc) is 3.10. The summed E-state index contributed by atoms with van der Waals surface area (Å²) in [5.74, 6) is -1.12. The standard InChI is InChI=1S/C19H20O4S/c1-13-6-8-14(9-7-13)15-10-16(19(20)21)12-18(11-15)24(22,23)17-4-2-3-5-17/h6-12,17H,2-5H2,1H3,(H,20,21). The number of hydrogen-bond acceptors (Lipinski definition) is 3.